The van der Waals surface area contributed by atoms with Crippen LogP contribution in [0.2, 0.25) is 0 Å². The zero-order valence-corrected chi connectivity index (χ0v) is 8.00. The predicted molar refractivity (Wildman–Crippen MR) is 49.5 cm³/mol. The molecule has 0 heterocycles. The van der Waals surface area contributed by atoms with E-state index in [1.54, 1.807) is 6.92 Å². The van der Waals surface area contributed by atoms with Crippen molar-refractivity contribution < 1.29 is 19.4 Å². The van der Waals surface area contributed by atoms with Crippen molar-refractivity contribution in [1.29, 1.82) is 0 Å². The van der Waals surface area contributed by atoms with E-state index >= 15 is 0 Å². The highest BCUT2D eigenvalue weighted by molar-refractivity contribution is 5.77. The van der Waals surface area contributed by atoms with Gasteiger partial charge in [-0.1, -0.05) is 0 Å². The number of carboxylic acid groups (broad SMARTS) is 1. The molecule has 0 aliphatic heterocycles. The van der Waals surface area contributed by atoms with Crippen molar-refractivity contribution in [3.05, 3.63) is 0 Å². The molecule has 0 bridgehead atoms. The van der Waals surface area contributed by atoms with E-state index < -0.39 is 12.6 Å². The zero-order valence-electron chi connectivity index (χ0n) is 8.00. The third-order valence-corrected chi connectivity index (χ3v) is 1.21. The largest absolute Gasteiger partial charge is 0.480 e. The number of rotatable bonds is 6. The summed E-state index contributed by atoms with van der Waals surface area (Å²) in [5.41, 5.74) is 0. The smallest absolute Gasteiger partial charge is 0.329 e. The predicted octanol–water partition coefficient (Wildman–Crippen LogP) is -0.383. The Balaban J connectivity index is 3.35. The lowest BCUT2D eigenvalue weighted by Crippen LogP contribution is -2.29. The molecular formula is C9H13NO4. The molecule has 1 amide bonds. The first-order valence-electron chi connectivity index (χ1n) is 4.12. The maximum Gasteiger partial charge on any atom is 0.329 e. The molecule has 0 rings (SSSR count). The van der Waals surface area contributed by atoms with Gasteiger partial charge in [-0.25, -0.2) is 4.79 Å². The van der Waals surface area contributed by atoms with Crippen LogP contribution >= 0.6 is 0 Å². The van der Waals surface area contributed by atoms with Gasteiger partial charge in [0.15, 0.2) is 0 Å². The molecule has 14 heavy (non-hydrogen) atoms. The summed E-state index contributed by atoms with van der Waals surface area (Å²) in [7, 11) is 0. The summed E-state index contributed by atoms with van der Waals surface area (Å²) in [6, 6.07) is 0. The van der Waals surface area contributed by atoms with Gasteiger partial charge in [0, 0.05) is 13.0 Å². The van der Waals surface area contributed by atoms with E-state index in [1.165, 1.54) is 0 Å². The molecule has 0 saturated carbocycles. The quantitative estimate of drug-likeness (QED) is 0.451. The molecule has 0 aromatic rings. The van der Waals surface area contributed by atoms with Gasteiger partial charge < -0.3 is 15.2 Å². The Bertz CT molecular complexity index is 251. The Morgan fingerprint density at radius 3 is 2.71 bits per heavy atom. The van der Waals surface area contributed by atoms with E-state index in [9.17, 15) is 9.59 Å². The summed E-state index contributed by atoms with van der Waals surface area (Å²) in [6.45, 7) is 1.49. The summed E-state index contributed by atoms with van der Waals surface area (Å²) in [6.07, 6.45) is 0.584. The monoisotopic (exact) mass is 199 g/mol. The van der Waals surface area contributed by atoms with Crippen molar-refractivity contribution in [2.45, 2.75) is 13.3 Å². The standard InChI is InChI=1S/C9H13NO4/c1-2-3-4-5-10-8(11)6-14-7-9(12)13/h4-7H2,1H3,(H,10,11)(H,12,13). The minimum Gasteiger partial charge on any atom is -0.480 e. The van der Waals surface area contributed by atoms with Crippen LogP contribution in [0.5, 0.6) is 0 Å². The van der Waals surface area contributed by atoms with Crippen LogP contribution in [0, 0.1) is 11.8 Å². The molecule has 0 spiro atoms. The van der Waals surface area contributed by atoms with Gasteiger partial charge in [-0.3, -0.25) is 4.79 Å². The van der Waals surface area contributed by atoms with Crippen LogP contribution in [-0.2, 0) is 14.3 Å². The number of aliphatic carboxylic acids is 1. The minimum absolute atomic E-state index is 0.230. The third-order valence-electron chi connectivity index (χ3n) is 1.21. The molecule has 0 aliphatic rings. The van der Waals surface area contributed by atoms with Crippen LogP contribution in [0.15, 0.2) is 0 Å². The fraction of sp³-hybridized carbons (Fsp3) is 0.556. The first kappa shape index (κ1) is 12.5. The second kappa shape index (κ2) is 8.08. The van der Waals surface area contributed by atoms with Crippen LogP contribution in [0.1, 0.15) is 13.3 Å². The molecule has 0 aromatic carbocycles. The topological polar surface area (TPSA) is 75.6 Å². The van der Waals surface area contributed by atoms with E-state index in [-0.39, 0.29) is 12.5 Å². The summed E-state index contributed by atoms with van der Waals surface area (Å²) in [5, 5.41) is 10.7. The molecule has 0 unspecified atom stereocenters. The molecule has 5 nitrogen and oxygen atoms in total. The SMILES string of the molecule is CC#CCCNC(=O)COCC(=O)O. The zero-order chi connectivity index (χ0) is 10.8. The fourth-order valence-electron chi connectivity index (χ4n) is 0.671. The summed E-state index contributed by atoms with van der Waals surface area (Å²) < 4.78 is 4.57. The van der Waals surface area contributed by atoms with E-state index in [0.717, 1.165) is 0 Å². The van der Waals surface area contributed by atoms with E-state index in [4.69, 9.17) is 5.11 Å². The van der Waals surface area contributed by atoms with Crippen molar-refractivity contribution in [2.24, 2.45) is 0 Å². The normalized spacial score (nSPS) is 8.64. The second-order valence-electron chi connectivity index (χ2n) is 2.41. The second-order valence-corrected chi connectivity index (χ2v) is 2.41. The van der Waals surface area contributed by atoms with Crippen molar-refractivity contribution in [3.63, 3.8) is 0 Å². The third kappa shape index (κ3) is 8.56. The lowest BCUT2D eigenvalue weighted by molar-refractivity contribution is -0.143. The molecule has 5 heteroatoms. The molecule has 0 aromatic heterocycles. The number of carbonyl (C=O) groups excluding carboxylic acids is 1. The first-order chi connectivity index (χ1) is 6.66. The summed E-state index contributed by atoms with van der Waals surface area (Å²) in [5.74, 6) is 4.05. The molecule has 0 fully saturated rings. The maximum absolute atomic E-state index is 10.9. The molecule has 2 N–H and O–H groups in total. The Hall–Kier alpha value is -1.54. The van der Waals surface area contributed by atoms with Crippen LogP contribution in [0.25, 0.3) is 0 Å². The highest BCUT2D eigenvalue weighted by atomic mass is 16.5. The first-order valence-corrected chi connectivity index (χ1v) is 4.12. The Morgan fingerprint density at radius 2 is 2.14 bits per heavy atom. The molecule has 0 aliphatic carbocycles. The van der Waals surface area contributed by atoms with Gasteiger partial charge in [-0.2, -0.15) is 0 Å². The number of ether oxygens (including phenoxy) is 1. The van der Waals surface area contributed by atoms with E-state index in [1.807, 2.05) is 0 Å². The summed E-state index contributed by atoms with van der Waals surface area (Å²) in [4.78, 5) is 20.9. The van der Waals surface area contributed by atoms with Crippen molar-refractivity contribution >= 4 is 11.9 Å². The van der Waals surface area contributed by atoms with Gasteiger partial charge in [0.05, 0.1) is 0 Å². The van der Waals surface area contributed by atoms with Gasteiger partial charge in [-0.15, -0.1) is 11.8 Å². The molecule has 0 radical (unpaired) electrons. The lowest BCUT2D eigenvalue weighted by Gasteiger charge is -2.02. The van der Waals surface area contributed by atoms with Crippen LogP contribution in [0.4, 0.5) is 0 Å². The number of hydrogen-bond acceptors (Lipinski definition) is 3. The van der Waals surface area contributed by atoms with Crippen LogP contribution in [0.3, 0.4) is 0 Å². The van der Waals surface area contributed by atoms with Crippen molar-refractivity contribution in [2.75, 3.05) is 19.8 Å². The summed E-state index contributed by atoms with van der Waals surface area (Å²) >= 11 is 0. The molecule has 0 saturated heterocycles. The molecule has 78 valence electrons. The van der Waals surface area contributed by atoms with Gasteiger partial charge in [0.1, 0.15) is 13.2 Å². The Kier molecular flexibility index (Phi) is 7.19. The minimum atomic E-state index is -1.09. The van der Waals surface area contributed by atoms with Crippen molar-refractivity contribution in [1.82, 2.24) is 5.32 Å². The number of hydrogen-bond donors (Lipinski definition) is 2. The average molecular weight is 199 g/mol. The fourth-order valence-corrected chi connectivity index (χ4v) is 0.671. The van der Waals surface area contributed by atoms with Crippen LogP contribution in [-0.4, -0.2) is 36.7 Å². The van der Waals surface area contributed by atoms with Crippen LogP contribution < -0.4 is 5.32 Å². The average Bonchev–Trinajstić information content (AvgIpc) is 2.12. The van der Waals surface area contributed by atoms with E-state index in [2.05, 4.69) is 21.9 Å². The number of carboxylic acids is 1. The highest BCUT2D eigenvalue weighted by Crippen LogP contribution is 1.77. The van der Waals surface area contributed by atoms with Gasteiger partial charge in [-0.05, 0) is 6.92 Å². The molecular weight excluding hydrogens is 186 g/mol. The maximum atomic E-state index is 10.9. The van der Waals surface area contributed by atoms with Gasteiger partial charge >= 0.3 is 5.97 Å². The highest BCUT2D eigenvalue weighted by Gasteiger charge is 2.01. The van der Waals surface area contributed by atoms with Crippen molar-refractivity contribution in [3.8, 4) is 11.8 Å². The number of nitrogens with one attached hydrogen (secondary N) is 1. The lowest BCUT2D eigenvalue weighted by atomic mass is 10.4. The Labute approximate surface area is 82.4 Å². The Morgan fingerprint density at radius 1 is 1.43 bits per heavy atom. The van der Waals surface area contributed by atoms with Gasteiger partial charge in [0.2, 0.25) is 5.91 Å². The van der Waals surface area contributed by atoms with Gasteiger partial charge in [0.25, 0.3) is 0 Å². The van der Waals surface area contributed by atoms with E-state index in [0.29, 0.717) is 13.0 Å². The molecule has 0 atom stereocenters. The number of amides is 1. The number of carbonyl (C=O) groups is 2.